The minimum absolute atomic E-state index is 1.22. The van der Waals surface area contributed by atoms with Crippen molar-refractivity contribution in [3.8, 4) is 0 Å². The molecule has 0 heterocycles. The first-order chi connectivity index (χ1) is 4.43. The van der Waals surface area contributed by atoms with E-state index in [0.29, 0.717) is 0 Å². The van der Waals surface area contributed by atoms with Gasteiger partial charge in [0.1, 0.15) is 0 Å². The van der Waals surface area contributed by atoms with Crippen molar-refractivity contribution in [1.29, 1.82) is 0 Å². The number of rotatable bonds is 1. The average Bonchev–Trinajstić information content (AvgIpc) is 1.91. The molecule has 0 spiro atoms. The second-order valence-corrected chi connectivity index (χ2v) is 2.39. The monoisotopic (exact) mass is 294 g/mol. The van der Waals surface area contributed by atoms with Crippen LogP contribution in [0.25, 0.3) is 6.08 Å². The van der Waals surface area contributed by atoms with Gasteiger partial charge in [-0.15, -0.1) is 0 Å². The molecule has 1 aromatic rings. The van der Waals surface area contributed by atoms with E-state index in [-0.39, 0.29) is 0 Å². The van der Waals surface area contributed by atoms with Crippen molar-refractivity contribution in [2.24, 2.45) is 0 Å². The van der Waals surface area contributed by atoms with Gasteiger partial charge in [0.05, 0.1) is 0 Å². The summed E-state index contributed by atoms with van der Waals surface area (Å²) in [6.45, 7) is 0. The van der Waals surface area contributed by atoms with Crippen molar-refractivity contribution in [3.05, 3.63) is 35.9 Å². The number of hydrogen-bond acceptors (Lipinski definition) is 0. The van der Waals surface area contributed by atoms with Gasteiger partial charge in [0.2, 0.25) is 0 Å². The number of benzene rings is 1. The maximum absolute atomic E-state index is 2.99. The van der Waals surface area contributed by atoms with Crippen LogP contribution in [0, 0.1) is 0 Å². The molecule has 0 nitrogen and oxygen atoms in total. The summed E-state index contributed by atoms with van der Waals surface area (Å²) in [6, 6.07) is 10.2. The Morgan fingerprint density at radius 3 is 2.44 bits per heavy atom. The molecule has 0 fully saturated rings. The van der Waals surface area contributed by atoms with Gasteiger partial charge in [0.15, 0.2) is 0 Å². The first-order valence-corrected chi connectivity index (χ1v) is 3.94. The molecule has 0 saturated heterocycles. The van der Waals surface area contributed by atoms with E-state index < -0.39 is 0 Å². The topological polar surface area (TPSA) is 0 Å². The van der Waals surface area contributed by atoms with E-state index in [1.165, 1.54) is 5.56 Å². The van der Waals surface area contributed by atoms with Crippen molar-refractivity contribution in [2.45, 2.75) is 0 Å². The van der Waals surface area contributed by atoms with E-state index in [9.17, 15) is 0 Å². The Morgan fingerprint density at radius 2 is 1.89 bits per heavy atom. The molecule has 46 valence electrons. The van der Waals surface area contributed by atoms with Gasteiger partial charge in [-0.1, -0.05) is 0 Å². The molecule has 0 atom stereocenters. The normalized spacial score (nSPS) is 8.11. The molecule has 0 unspecified atom stereocenters. The predicted molar refractivity (Wildman–Crippen MR) is 35.9 cm³/mol. The standard InChI is InChI=1S/C8H6.Os/c1-2-8-6-4-3-5-7-8;/h2-7H;. The third-order valence-corrected chi connectivity index (χ3v) is 1.38. The molecule has 1 rings (SSSR count). The van der Waals surface area contributed by atoms with E-state index in [1.54, 1.807) is 18.1 Å². The molecular formula is C8H6Os. The van der Waals surface area contributed by atoms with E-state index in [0.717, 1.165) is 0 Å². The number of hydrogen-bond donors (Lipinski definition) is 0. The zero-order valence-electron chi connectivity index (χ0n) is 4.82. The van der Waals surface area contributed by atoms with E-state index in [1.807, 2.05) is 24.3 Å². The van der Waals surface area contributed by atoms with Crippen LogP contribution in [0.2, 0.25) is 0 Å². The summed E-state index contributed by atoms with van der Waals surface area (Å²) in [5.74, 6) is 0. The molecule has 0 aliphatic carbocycles. The Hall–Kier alpha value is -0.494. The summed E-state index contributed by atoms with van der Waals surface area (Å²) in [6.07, 6.45) is 1.97. The van der Waals surface area contributed by atoms with Crippen LogP contribution in [0.5, 0.6) is 0 Å². The van der Waals surface area contributed by atoms with Gasteiger partial charge in [0.25, 0.3) is 0 Å². The fourth-order valence-electron chi connectivity index (χ4n) is 0.608. The van der Waals surface area contributed by atoms with Crippen LogP contribution in [-0.4, -0.2) is 4.22 Å². The predicted octanol–water partition coefficient (Wildman–Crippen LogP) is 1.65. The second kappa shape index (κ2) is 3.52. The van der Waals surface area contributed by atoms with Crippen LogP contribution in [0.15, 0.2) is 30.3 Å². The molecule has 0 N–H and O–H groups in total. The van der Waals surface area contributed by atoms with E-state index >= 15 is 0 Å². The molecule has 0 aromatic heterocycles. The van der Waals surface area contributed by atoms with Crippen molar-refractivity contribution in [1.82, 2.24) is 0 Å². The Morgan fingerprint density at radius 1 is 1.22 bits per heavy atom. The summed E-state index contributed by atoms with van der Waals surface area (Å²) < 4.78 is 2.99. The zero-order chi connectivity index (χ0) is 6.53. The molecule has 1 heteroatoms. The Kier molecular flexibility index (Phi) is 2.59. The molecule has 0 saturated carbocycles. The van der Waals surface area contributed by atoms with Crippen LogP contribution >= 0.6 is 0 Å². The summed E-state index contributed by atoms with van der Waals surface area (Å²) in [5, 5.41) is 0. The second-order valence-electron chi connectivity index (χ2n) is 1.66. The summed E-state index contributed by atoms with van der Waals surface area (Å²) in [7, 11) is 0. The van der Waals surface area contributed by atoms with E-state index in [2.05, 4.69) is 16.4 Å². The Balaban J connectivity index is 2.97. The van der Waals surface area contributed by atoms with Crippen LogP contribution in [0.4, 0.5) is 0 Å². The van der Waals surface area contributed by atoms with Crippen LogP contribution in [-0.2, 0) is 18.1 Å². The molecule has 0 radical (unpaired) electrons. The van der Waals surface area contributed by atoms with Crippen LogP contribution in [0.3, 0.4) is 0 Å². The van der Waals surface area contributed by atoms with E-state index in [4.69, 9.17) is 0 Å². The summed E-state index contributed by atoms with van der Waals surface area (Å²) in [4.78, 5) is 0. The van der Waals surface area contributed by atoms with Gasteiger partial charge in [-0.3, -0.25) is 0 Å². The average molecular weight is 292 g/mol. The first-order valence-electron chi connectivity index (χ1n) is 2.66. The van der Waals surface area contributed by atoms with Gasteiger partial charge in [-0.25, -0.2) is 0 Å². The molecular weight excluding hydrogens is 286 g/mol. The van der Waals surface area contributed by atoms with Gasteiger partial charge >= 0.3 is 64.3 Å². The van der Waals surface area contributed by atoms with Gasteiger partial charge in [-0.2, -0.15) is 0 Å². The Bertz CT molecular complexity index is 220. The van der Waals surface area contributed by atoms with Crippen LogP contribution < -0.4 is 0 Å². The van der Waals surface area contributed by atoms with Crippen molar-refractivity contribution >= 4 is 10.3 Å². The zero-order valence-corrected chi connectivity index (χ0v) is 7.36. The Labute approximate surface area is 64.7 Å². The molecule has 0 bridgehead atoms. The summed E-state index contributed by atoms with van der Waals surface area (Å²) >= 11 is 1.72. The fourth-order valence-corrected chi connectivity index (χ4v) is 1.03. The summed E-state index contributed by atoms with van der Waals surface area (Å²) in [5.41, 5.74) is 1.22. The maximum atomic E-state index is 2.99. The third kappa shape index (κ3) is 2.06. The van der Waals surface area contributed by atoms with Crippen LogP contribution in [0.1, 0.15) is 5.56 Å². The minimum atomic E-state index is 1.22. The quantitative estimate of drug-likeness (QED) is 0.738. The van der Waals surface area contributed by atoms with Crippen molar-refractivity contribution < 1.29 is 18.1 Å². The molecule has 9 heavy (non-hydrogen) atoms. The van der Waals surface area contributed by atoms with Gasteiger partial charge in [-0.05, 0) is 0 Å². The third-order valence-electron chi connectivity index (χ3n) is 1.02. The molecule has 1 aromatic carbocycles. The first kappa shape index (κ1) is 6.62. The van der Waals surface area contributed by atoms with Crippen molar-refractivity contribution in [2.75, 3.05) is 0 Å². The van der Waals surface area contributed by atoms with Crippen molar-refractivity contribution in [3.63, 3.8) is 0 Å². The SMILES string of the molecule is [Os]=[C]=Cc1ccccc1. The molecule has 0 aliphatic heterocycles. The molecule has 0 amide bonds. The van der Waals surface area contributed by atoms with Gasteiger partial charge in [0, 0.05) is 0 Å². The fraction of sp³-hybridized carbons (Fsp3) is 0. The van der Waals surface area contributed by atoms with Gasteiger partial charge < -0.3 is 0 Å². The molecule has 0 aliphatic rings.